The molecule has 0 bridgehead atoms. The number of halogens is 1. The van der Waals surface area contributed by atoms with Gasteiger partial charge in [0.05, 0.1) is 24.4 Å². The molecule has 1 aliphatic heterocycles. The van der Waals surface area contributed by atoms with E-state index in [4.69, 9.17) is 14.2 Å². The summed E-state index contributed by atoms with van der Waals surface area (Å²) in [5.74, 6) is 1.13. The first-order chi connectivity index (χ1) is 12.2. The Labute approximate surface area is 169 Å². The van der Waals surface area contributed by atoms with Crippen LogP contribution in [0.2, 0.25) is 0 Å². The highest BCUT2D eigenvalue weighted by atomic mass is 35.5. The standard InChI is InChI=1S/C21H33NO4.ClH/c1-15(2)13-24-18-9-7-16(8-10-18)20(23)26-19-11-21(3,4)25-14-17(19)12-22(5)6;/h7-10,15,17,19H,11-14H2,1-6H3;1H/p-1. The van der Waals surface area contributed by atoms with Gasteiger partial charge >= 0.3 is 5.97 Å². The van der Waals surface area contributed by atoms with Crippen molar-refractivity contribution in [2.24, 2.45) is 11.8 Å². The smallest absolute Gasteiger partial charge is 0.338 e. The van der Waals surface area contributed by atoms with Crippen molar-refractivity contribution in [1.82, 2.24) is 4.90 Å². The van der Waals surface area contributed by atoms with Gasteiger partial charge in [-0.3, -0.25) is 0 Å². The fraction of sp³-hybridized carbons (Fsp3) is 0.667. The zero-order chi connectivity index (χ0) is 19.3. The van der Waals surface area contributed by atoms with Crippen molar-refractivity contribution < 1.29 is 31.4 Å². The van der Waals surface area contributed by atoms with Crippen LogP contribution in [0.5, 0.6) is 5.75 Å². The van der Waals surface area contributed by atoms with Gasteiger partial charge in [-0.15, -0.1) is 0 Å². The quantitative estimate of drug-likeness (QED) is 0.630. The van der Waals surface area contributed by atoms with Crippen LogP contribution in [-0.2, 0) is 9.47 Å². The fourth-order valence-electron chi connectivity index (χ4n) is 3.08. The number of hydrogen-bond donors (Lipinski definition) is 0. The Morgan fingerprint density at radius 3 is 2.44 bits per heavy atom. The summed E-state index contributed by atoms with van der Waals surface area (Å²) in [4.78, 5) is 14.7. The van der Waals surface area contributed by atoms with Crippen LogP contribution in [0.25, 0.3) is 0 Å². The number of esters is 1. The molecule has 2 unspecified atom stereocenters. The molecule has 154 valence electrons. The Bertz CT molecular complexity index is 586. The molecular weight excluding hydrogens is 366 g/mol. The predicted molar refractivity (Wildman–Crippen MR) is 103 cm³/mol. The Morgan fingerprint density at radius 1 is 1.26 bits per heavy atom. The number of hydrogen-bond acceptors (Lipinski definition) is 5. The van der Waals surface area contributed by atoms with Gasteiger partial charge in [0.15, 0.2) is 0 Å². The molecular formula is C21H33ClNO4-. The first-order valence-electron chi connectivity index (χ1n) is 9.39. The van der Waals surface area contributed by atoms with Crippen LogP contribution in [0.4, 0.5) is 0 Å². The zero-order valence-corrected chi connectivity index (χ0v) is 18.1. The van der Waals surface area contributed by atoms with E-state index in [0.717, 1.165) is 12.3 Å². The summed E-state index contributed by atoms with van der Waals surface area (Å²) in [6.07, 6.45) is 0.554. The second-order valence-corrected chi connectivity index (χ2v) is 8.47. The maximum Gasteiger partial charge on any atom is 0.338 e. The van der Waals surface area contributed by atoms with Gasteiger partial charge in [0.1, 0.15) is 11.9 Å². The highest BCUT2D eigenvalue weighted by Crippen LogP contribution is 2.31. The van der Waals surface area contributed by atoms with Crippen LogP contribution >= 0.6 is 0 Å². The van der Waals surface area contributed by atoms with Gasteiger partial charge in [0.25, 0.3) is 0 Å². The lowest BCUT2D eigenvalue weighted by atomic mass is 9.88. The molecule has 0 aromatic heterocycles. The van der Waals surface area contributed by atoms with Gasteiger partial charge < -0.3 is 31.5 Å². The lowest BCUT2D eigenvalue weighted by Crippen LogP contribution is -3.00. The minimum atomic E-state index is -0.285. The van der Waals surface area contributed by atoms with Gasteiger partial charge in [-0.05, 0) is 58.1 Å². The molecule has 1 fully saturated rings. The van der Waals surface area contributed by atoms with E-state index in [2.05, 4.69) is 18.7 Å². The molecule has 1 aromatic rings. The first kappa shape index (κ1) is 23.7. The number of nitrogens with zero attached hydrogens (tertiary/aromatic N) is 1. The number of rotatable bonds is 7. The van der Waals surface area contributed by atoms with Crippen molar-refractivity contribution in [2.75, 3.05) is 33.9 Å². The molecule has 0 spiro atoms. The van der Waals surface area contributed by atoms with Gasteiger partial charge in [-0.1, -0.05) is 13.8 Å². The summed E-state index contributed by atoms with van der Waals surface area (Å²) in [5.41, 5.74) is 0.275. The SMILES string of the molecule is CC(C)COc1ccc(C(=O)OC2CC(C)(C)OCC2CN(C)C)cc1.[Cl-]. The maximum absolute atomic E-state index is 12.6. The van der Waals surface area contributed by atoms with Crippen LogP contribution in [0.1, 0.15) is 44.5 Å². The predicted octanol–water partition coefficient (Wildman–Crippen LogP) is 0.628. The van der Waals surface area contributed by atoms with E-state index < -0.39 is 0 Å². The molecule has 0 amide bonds. The number of benzene rings is 1. The molecule has 0 N–H and O–H groups in total. The second-order valence-electron chi connectivity index (χ2n) is 8.47. The van der Waals surface area contributed by atoms with E-state index >= 15 is 0 Å². The average Bonchev–Trinajstić information content (AvgIpc) is 2.55. The molecule has 1 saturated heterocycles. The van der Waals surface area contributed by atoms with Gasteiger partial charge in [0, 0.05) is 18.9 Å². The normalized spacial score (nSPS) is 21.6. The third-order valence-corrected chi connectivity index (χ3v) is 4.44. The van der Waals surface area contributed by atoms with Crippen molar-refractivity contribution >= 4 is 5.97 Å². The van der Waals surface area contributed by atoms with E-state index in [1.165, 1.54) is 0 Å². The van der Waals surface area contributed by atoms with Gasteiger partial charge in [-0.2, -0.15) is 0 Å². The Balaban J connectivity index is 0.00000364. The molecule has 2 atom stereocenters. The summed E-state index contributed by atoms with van der Waals surface area (Å²) in [7, 11) is 4.04. The highest BCUT2D eigenvalue weighted by Gasteiger charge is 2.38. The number of carbonyl (C=O) groups excluding carboxylic acids is 1. The lowest BCUT2D eigenvalue weighted by Gasteiger charge is -2.41. The van der Waals surface area contributed by atoms with Crippen LogP contribution in [0.3, 0.4) is 0 Å². The minimum absolute atomic E-state index is 0. The molecule has 5 nitrogen and oxygen atoms in total. The third kappa shape index (κ3) is 7.68. The van der Waals surface area contributed by atoms with Gasteiger partial charge in [0.2, 0.25) is 0 Å². The van der Waals surface area contributed by atoms with Crippen molar-refractivity contribution in [3.8, 4) is 5.75 Å². The zero-order valence-electron chi connectivity index (χ0n) is 17.3. The van der Waals surface area contributed by atoms with E-state index in [1.807, 2.05) is 40.1 Å². The van der Waals surface area contributed by atoms with Crippen molar-refractivity contribution in [3.63, 3.8) is 0 Å². The molecule has 0 aliphatic carbocycles. The van der Waals surface area contributed by atoms with Crippen LogP contribution < -0.4 is 17.1 Å². The lowest BCUT2D eigenvalue weighted by molar-refractivity contribution is -0.135. The molecule has 27 heavy (non-hydrogen) atoms. The molecule has 0 radical (unpaired) electrons. The first-order valence-corrected chi connectivity index (χ1v) is 9.39. The topological polar surface area (TPSA) is 48.0 Å². The fourth-order valence-corrected chi connectivity index (χ4v) is 3.08. The average molecular weight is 399 g/mol. The summed E-state index contributed by atoms with van der Waals surface area (Å²) in [6, 6.07) is 7.18. The van der Waals surface area contributed by atoms with Crippen molar-refractivity contribution in [1.29, 1.82) is 0 Å². The van der Waals surface area contributed by atoms with Crippen LogP contribution in [0, 0.1) is 11.8 Å². The molecule has 1 aliphatic rings. The monoisotopic (exact) mass is 398 g/mol. The summed E-state index contributed by atoms with van der Waals surface area (Å²) < 4.78 is 17.5. The molecule has 1 heterocycles. The van der Waals surface area contributed by atoms with Crippen molar-refractivity contribution in [3.05, 3.63) is 29.8 Å². The van der Waals surface area contributed by atoms with E-state index in [9.17, 15) is 4.79 Å². The highest BCUT2D eigenvalue weighted by molar-refractivity contribution is 5.89. The van der Waals surface area contributed by atoms with Crippen molar-refractivity contribution in [2.45, 2.75) is 45.8 Å². The maximum atomic E-state index is 12.6. The van der Waals surface area contributed by atoms with E-state index in [-0.39, 0.29) is 36.0 Å². The molecule has 1 aromatic carbocycles. The Hall–Kier alpha value is -1.30. The number of ether oxygens (including phenoxy) is 3. The van der Waals surface area contributed by atoms with Gasteiger partial charge in [-0.25, -0.2) is 4.79 Å². The Kier molecular flexibility index (Phi) is 9.06. The Morgan fingerprint density at radius 2 is 1.89 bits per heavy atom. The minimum Gasteiger partial charge on any atom is -1.00 e. The molecule has 0 saturated carbocycles. The molecule has 2 rings (SSSR count). The summed E-state index contributed by atoms with van der Waals surface area (Å²) >= 11 is 0. The second kappa shape index (κ2) is 10.3. The van der Waals surface area contributed by atoms with Crippen LogP contribution in [0.15, 0.2) is 24.3 Å². The van der Waals surface area contributed by atoms with E-state index in [0.29, 0.717) is 31.1 Å². The van der Waals surface area contributed by atoms with E-state index in [1.54, 1.807) is 12.1 Å². The third-order valence-electron chi connectivity index (χ3n) is 4.44. The molecule has 6 heteroatoms. The largest absolute Gasteiger partial charge is 1.00 e. The number of carbonyl (C=O) groups is 1. The summed E-state index contributed by atoms with van der Waals surface area (Å²) in [6.45, 7) is 10.4. The summed E-state index contributed by atoms with van der Waals surface area (Å²) in [5, 5.41) is 0. The van der Waals surface area contributed by atoms with Crippen LogP contribution in [-0.4, -0.2) is 56.4 Å².